The number of nitrogens with two attached hydrogens (primary N) is 1. The molecule has 4 heteroatoms. The zero-order chi connectivity index (χ0) is 10.1. The highest BCUT2D eigenvalue weighted by molar-refractivity contribution is 5.78. The summed E-state index contributed by atoms with van der Waals surface area (Å²) in [4.78, 5) is 10.9. The largest absolute Gasteiger partial charge is 0.480 e. The Morgan fingerprint density at radius 3 is 2.77 bits per heavy atom. The topological polar surface area (TPSA) is 72.5 Å². The summed E-state index contributed by atoms with van der Waals surface area (Å²) in [6, 6.07) is 0. The summed E-state index contributed by atoms with van der Waals surface area (Å²) < 4.78 is 5.21. The summed E-state index contributed by atoms with van der Waals surface area (Å²) in [5.74, 6) is -0.512. The van der Waals surface area contributed by atoms with Crippen LogP contribution >= 0.6 is 0 Å². The number of carbonyl (C=O) groups is 1. The van der Waals surface area contributed by atoms with E-state index in [0.29, 0.717) is 18.8 Å². The Bertz CT molecular complexity index is 207. The van der Waals surface area contributed by atoms with Crippen molar-refractivity contribution in [2.75, 3.05) is 7.11 Å². The highest BCUT2D eigenvalue weighted by Gasteiger charge is 2.42. The van der Waals surface area contributed by atoms with Gasteiger partial charge >= 0.3 is 5.97 Å². The molecule has 76 valence electrons. The van der Waals surface area contributed by atoms with Gasteiger partial charge in [-0.2, -0.15) is 0 Å². The lowest BCUT2D eigenvalue weighted by molar-refractivity contribution is -0.147. The van der Waals surface area contributed by atoms with Crippen molar-refractivity contribution < 1.29 is 14.6 Å². The Labute approximate surface area is 78.1 Å². The molecule has 0 aliphatic heterocycles. The molecule has 0 aromatic carbocycles. The molecule has 3 atom stereocenters. The van der Waals surface area contributed by atoms with Gasteiger partial charge in [-0.05, 0) is 18.8 Å². The number of carboxylic acid groups (broad SMARTS) is 1. The van der Waals surface area contributed by atoms with E-state index < -0.39 is 11.5 Å². The van der Waals surface area contributed by atoms with Crippen molar-refractivity contribution in [1.82, 2.24) is 0 Å². The van der Waals surface area contributed by atoms with Gasteiger partial charge in [0, 0.05) is 13.5 Å². The molecule has 1 fully saturated rings. The zero-order valence-corrected chi connectivity index (χ0v) is 8.12. The third-order valence-corrected chi connectivity index (χ3v) is 2.97. The molecule has 0 aromatic rings. The quantitative estimate of drug-likeness (QED) is 0.664. The van der Waals surface area contributed by atoms with Crippen molar-refractivity contribution >= 4 is 5.97 Å². The van der Waals surface area contributed by atoms with Crippen LogP contribution in [-0.4, -0.2) is 29.8 Å². The van der Waals surface area contributed by atoms with E-state index in [2.05, 4.69) is 6.92 Å². The van der Waals surface area contributed by atoms with E-state index >= 15 is 0 Å². The van der Waals surface area contributed by atoms with Crippen molar-refractivity contribution in [2.24, 2.45) is 11.7 Å². The second kappa shape index (κ2) is 3.64. The van der Waals surface area contributed by atoms with Crippen LogP contribution in [0, 0.1) is 5.92 Å². The molecule has 0 saturated heterocycles. The molecule has 4 nitrogen and oxygen atoms in total. The van der Waals surface area contributed by atoms with Crippen molar-refractivity contribution in [3.05, 3.63) is 0 Å². The molecular weight excluding hydrogens is 170 g/mol. The fourth-order valence-corrected chi connectivity index (χ4v) is 1.84. The SMILES string of the molecule is COC1CC(N)(C(=O)O)CCC1C. The maximum atomic E-state index is 10.9. The normalized spacial score (nSPS) is 40.2. The predicted molar refractivity (Wildman–Crippen MR) is 48.4 cm³/mol. The van der Waals surface area contributed by atoms with Gasteiger partial charge in [-0.1, -0.05) is 6.92 Å². The maximum Gasteiger partial charge on any atom is 0.323 e. The van der Waals surface area contributed by atoms with Gasteiger partial charge < -0.3 is 15.6 Å². The van der Waals surface area contributed by atoms with Gasteiger partial charge in [-0.25, -0.2) is 0 Å². The van der Waals surface area contributed by atoms with E-state index in [1.807, 2.05) is 0 Å². The van der Waals surface area contributed by atoms with Crippen molar-refractivity contribution in [3.63, 3.8) is 0 Å². The van der Waals surface area contributed by atoms with Gasteiger partial charge in [0.1, 0.15) is 5.54 Å². The smallest absolute Gasteiger partial charge is 0.323 e. The first-order valence-corrected chi connectivity index (χ1v) is 4.54. The van der Waals surface area contributed by atoms with Crippen LogP contribution in [0.3, 0.4) is 0 Å². The molecule has 3 N–H and O–H groups in total. The van der Waals surface area contributed by atoms with Crippen LogP contribution < -0.4 is 5.73 Å². The van der Waals surface area contributed by atoms with Crippen LogP contribution in [0.4, 0.5) is 0 Å². The number of carboxylic acids is 1. The van der Waals surface area contributed by atoms with Crippen LogP contribution in [0.1, 0.15) is 26.2 Å². The number of methoxy groups -OCH3 is 1. The lowest BCUT2D eigenvalue weighted by atomic mass is 9.76. The molecular formula is C9H17NO3. The minimum Gasteiger partial charge on any atom is -0.480 e. The maximum absolute atomic E-state index is 10.9. The summed E-state index contributed by atoms with van der Waals surface area (Å²) in [5, 5.41) is 8.92. The highest BCUT2D eigenvalue weighted by atomic mass is 16.5. The van der Waals surface area contributed by atoms with E-state index in [1.165, 1.54) is 0 Å². The minimum atomic E-state index is -1.08. The average molecular weight is 187 g/mol. The Balaban J connectivity index is 2.69. The number of hydrogen-bond acceptors (Lipinski definition) is 3. The van der Waals surface area contributed by atoms with Gasteiger partial charge in [-0.15, -0.1) is 0 Å². The van der Waals surface area contributed by atoms with Gasteiger partial charge in [-0.3, -0.25) is 4.79 Å². The van der Waals surface area contributed by atoms with Crippen LogP contribution in [0.25, 0.3) is 0 Å². The molecule has 0 amide bonds. The minimum absolute atomic E-state index is 0.0187. The molecule has 1 aliphatic rings. The first-order valence-electron chi connectivity index (χ1n) is 4.54. The van der Waals surface area contributed by atoms with E-state index in [4.69, 9.17) is 15.6 Å². The number of hydrogen-bond donors (Lipinski definition) is 2. The summed E-state index contributed by atoms with van der Waals surface area (Å²) in [6.07, 6.45) is 1.76. The van der Waals surface area contributed by atoms with Crippen LogP contribution in [0.5, 0.6) is 0 Å². The lowest BCUT2D eigenvalue weighted by Gasteiger charge is -2.37. The Morgan fingerprint density at radius 2 is 2.31 bits per heavy atom. The number of rotatable bonds is 2. The molecule has 0 radical (unpaired) electrons. The second-order valence-corrected chi connectivity index (χ2v) is 3.96. The van der Waals surface area contributed by atoms with E-state index in [9.17, 15) is 4.79 Å². The van der Waals surface area contributed by atoms with Gasteiger partial charge in [0.05, 0.1) is 6.10 Å². The molecule has 13 heavy (non-hydrogen) atoms. The fraction of sp³-hybridized carbons (Fsp3) is 0.889. The Hall–Kier alpha value is -0.610. The Morgan fingerprint density at radius 1 is 1.69 bits per heavy atom. The van der Waals surface area contributed by atoms with Crippen LogP contribution in [-0.2, 0) is 9.53 Å². The van der Waals surface area contributed by atoms with Crippen molar-refractivity contribution in [2.45, 2.75) is 37.8 Å². The van der Waals surface area contributed by atoms with E-state index in [-0.39, 0.29) is 6.10 Å². The summed E-state index contributed by atoms with van der Waals surface area (Å²) in [7, 11) is 1.61. The molecule has 1 saturated carbocycles. The molecule has 0 aromatic heterocycles. The summed E-state index contributed by atoms with van der Waals surface area (Å²) >= 11 is 0. The molecule has 0 bridgehead atoms. The molecule has 0 spiro atoms. The third kappa shape index (κ3) is 2.00. The van der Waals surface area contributed by atoms with E-state index in [1.54, 1.807) is 7.11 Å². The zero-order valence-electron chi connectivity index (χ0n) is 8.12. The average Bonchev–Trinajstić information content (AvgIpc) is 2.09. The second-order valence-electron chi connectivity index (χ2n) is 3.96. The molecule has 3 unspecified atom stereocenters. The van der Waals surface area contributed by atoms with Crippen LogP contribution in [0.15, 0.2) is 0 Å². The first-order chi connectivity index (χ1) is 5.99. The summed E-state index contributed by atoms with van der Waals surface area (Å²) in [6.45, 7) is 2.07. The van der Waals surface area contributed by atoms with Crippen molar-refractivity contribution in [1.29, 1.82) is 0 Å². The molecule has 1 aliphatic carbocycles. The van der Waals surface area contributed by atoms with Crippen molar-refractivity contribution in [3.8, 4) is 0 Å². The summed E-state index contributed by atoms with van der Waals surface area (Å²) in [5.41, 5.74) is 4.67. The third-order valence-electron chi connectivity index (χ3n) is 2.97. The standard InChI is InChI=1S/C9H17NO3/c1-6-3-4-9(10,8(11)12)5-7(6)13-2/h6-7H,3-5,10H2,1-2H3,(H,11,12). The van der Waals surface area contributed by atoms with E-state index in [0.717, 1.165) is 6.42 Å². The van der Waals surface area contributed by atoms with Crippen LogP contribution in [0.2, 0.25) is 0 Å². The van der Waals surface area contributed by atoms with Gasteiger partial charge in [0.2, 0.25) is 0 Å². The number of ether oxygens (including phenoxy) is 1. The fourth-order valence-electron chi connectivity index (χ4n) is 1.84. The molecule has 1 rings (SSSR count). The monoisotopic (exact) mass is 187 g/mol. The molecule has 0 heterocycles. The van der Waals surface area contributed by atoms with Gasteiger partial charge in [0.15, 0.2) is 0 Å². The first kappa shape index (κ1) is 10.5. The highest BCUT2D eigenvalue weighted by Crippen LogP contribution is 2.32. The Kier molecular flexibility index (Phi) is 2.93. The lowest BCUT2D eigenvalue weighted by Crippen LogP contribution is -2.54. The predicted octanol–water partition coefficient (Wildman–Crippen LogP) is 0.603. The van der Waals surface area contributed by atoms with Gasteiger partial charge in [0.25, 0.3) is 0 Å². The number of aliphatic carboxylic acids is 1.